The summed E-state index contributed by atoms with van der Waals surface area (Å²) >= 11 is 0. The fourth-order valence-corrected chi connectivity index (χ4v) is 4.78. The molecular formula is C14H19N3O3S. The second-order valence-electron chi connectivity index (χ2n) is 5.68. The summed E-state index contributed by atoms with van der Waals surface area (Å²) in [5.41, 5.74) is 1.08. The first-order valence-electron chi connectivity index (χ1n) is 7.23. The molecule has 6 nitrogen and oxygen atoms in total. The highest BCUT2D eigenvalue weighted by Crippen LogP contribution is 2.31. The van der Waals surface area contributed by atoms with Crippen LogP contribution in [0.2, 0.25) is 0 Å². The molecule has 2 saturated heterocycles. The van der Waals surface area contributed by atoms with Gasteiger partial charge in [-0.1, -0.05) is 0 Å². The van der Waals surface area contributed by atoms with E-state index in [0.717, 1.165) is 18.4 Å². The van der Waals surface area contributed by atoms with E-state index in [1.54, 1.807) is 17.3 Å². The smallest absolute Gasteiger partial charge is 0.318 e. The molecule has 7 heteroatoms. The molecule has 1 N–H and O–H groups in total. The molecule has 3 rings (SSSR count). The average Bonchev–Trinajstić information content (AvgIpc) is 3.06. The zero-order chi connectivity index (χ0) is 14.9. The number of carbonyl (C=O) groups excluding carboxylic acids is 1. The summed E-state index contributed by atoms with van der Waals surface area (Å²) in [7, 11) is -2.97. The Labute approximate surface area is 124 Å². The van der Waals surface area contributed by atoms with Crippen molar-refractivity contribution in [3.05, 3.63) is 30.1 Å². The molecule has 2 atom stereocenters. The molecule has 0 aromatic carbocycles. The predicted molar refractivity (Wildman–Crippen MR) is 78.5 cm³/mol. The fourth-order valence-electron chi connectivity index (χ4n) is 3.11. The molecule has 2 amide bonds. The molecule has 0 spiro atoms. The zero-order valence-corrected chi connectivity index (χ0v) is 12.6. The molecule has 0 radical (unpaired) electrons. The normalized spacial score (nSPS) is 27.7. The third-order valence-corrected chi connectivity index (χ3v) is 5.93. The highest BCUT2D eigenvalue weighted by atomic mass is 32.2. The van der Waals surface area contributed by atoms with Gasteiger partial charge in [-0.2, -0.15) is 0 Å². The summed E-state index contributed by atoms with van der Waals surface area (Å²) < 4.78 is 22.9. The van der Waals surface area contributed by atoms with Gasteiger partial charge in [0.2, 0.25) is 0 Å². The van der Waals surface area contributed by atoms with Crippen molar-refractivity contribution in [2.24, 2.45) is 0 Å². The van der Waals surface area contributed by atoms with Gasteiger partial charge < -0.3 is 10.2 Å². The highest BCUT2D eigenvalue weighted by Gasteiger charge is 2.34. The Kier molecular flexibility index (Phi) is 3.84. The largest absolute Gasteiger partial charge is 0.334 e. The van der Waals surface area contributed by atoms with E-state index < -0.39 is 9.84 Å². The number of nitrogens with zero attached hydrogens (tertiary/aromatic N) is 2. The van der Waals surface area contributed by atoms with E-state index in [0.29, 0.717) is 13.0 Å². The van der Waals surface area contributed by atoms with Gasteiger partial charge in [0.1, 0.15) is 0 Å². The maximum Gasteiger partial charge on any atom is 0.318 e. The number of aromatic nitrogens is 1. The molecule has 2 aliphatic heterocycles. The van der Waals surface area contributed by atoms with E-state index in [1.807, 2.05) is 12.1 Å². The summed E-state index contributed by atoms with van der Waals surface area (Å²) in [6, 6.07) is 3.51. The quantitative estimate of drug-likeness (QED) is 0.887. The predicted octanol–water partition coefficient (Wildman–Crippen LogP) is 1.12. The first-order valence-corrected chi connectivity index (χ1v) is 9.05. The number of urea groups is 1. The zero-order valence-electron chi connectivity index (χ0n) is 11.7. The summed E-state index contributed by atoms with van der Waals surface area (Å²) in [6.45, 7) is 0.707. The van der Waals surface area contributed by atoms with Crippen LogP contribution in [0.4, 0.5) is 4.79 Å². The highest BCUT2D eigenvalue weighted by molar-refractivity contribution is 7.91. The lowest BCUT2D eigenvalue weighted by atomic mass is 10.1. The Balaban J connectivity index is 1.67. The van der Waals surface area contributed by atoms with Crippen molar-refractivity contribution in [1.82, 2.24) is 15.2 Å². The molecule has 0 aliphatic carbocycles. The van der Waals surface area contributed by atoms with Crippen LogP contribution in [-0.4, -0.2) is 48.4 Å². The lowest BCUT2D eigenvalue weighted by molar-refractivity contribution is 0.190. The average molecular weight is 309 g/mol. The Morgan fingerprint density at radius 2 is 2.05 bits per heavy atom. The van der Waals surface area contributed by atoms with Crippen molar-refractivity contribution in [2.45, 2.75) is 31.3 Å². The van der Waals surface area contributed by atoms with Crippen molar-refractivity contribution in [3.63, 3.8) is 0 Å². The molecule has 2 fully saturated rings. The van der Waals surface area contributed by atoms with E-state index in [2.05, 4.69) is 10.3 Å². The van der Waals surface area contributed by atoms with Gasteiger partial charge in [0, 0.05) is 25.0 Å². The van der Waals surface area contributed by atoms with Crippen molar-refractivity contribution in [3.8, 4) is 0 Å². The Morgan fingerprint density at radius 3 is 2.71 bits per heavy atom. The summed E-state index contributed by atoms with van der Waals surface area (Å²) in [4.78, 5) is 18.2. The monoisotopic (exact) mass is 309 g/mol. The number of sulfone groups is 1. The SMILES string of the molecule is O=C(N[C@@H]1CCS(=O)(=O)C1)N1CCC[C@H]1c1ccncc1. The van der Waals surface area contributed by atoms with E-state index in [9.17, 15) is 13.2 Å². The van der Waals surface area contributed by atoms with Crippen LogP contribution in [-0.2, 0) is 9.84 Å². The molecule has 2 aliphatic rings. The van der Waals surface area contributed by atoms with Crippen LogP contribution < -0.4 is 5.32 Å². The Hall–Kier alpha value is -1.63. The molecular weight excluding hydrogens is 290 g/mol. The summed E-state index contributed by atoms with van der Waals surface area (Å²) in [5.74, 6) is 0.234. The fraction of sp³-hybridized carbons (Fsp3) is 0.571. The molecule has 21 heavy (non-hydrogen) atoms. The minimum atomic E-state index is -2.97. The van der Waals surface area contributed by atoms with E-state index in [4.69, 9.17) is 0 Å². The van der Waals surface area contributed by atoms with Gasteiger partial charge in [0.05, 0.1) is 17.5 Å². The van der Waals surface area contributed by atoms with Gasteiger partial charge in [-0.25, -0.2) is 13.2 Å². The number of hydrogen-bond acceptors (Lipinski definition) is 4. The van der Waals surface area contributed by atoms with Crippen molar-refractivity contribution < 1.29 is 13.2 Å². The first kappa shape index (κ1) is 14.3. The standard InChI is InChI=1S/C14H19N3O3S/c18-14(16-12-5-9-21(19,20)10-12)17-8-1-2-13(17)11-3-6-15-7-4-11/h3-4,6-7,12-13H,1-2,5,8-10H2,(H,16,18)/t12-,13+/m1/s1. The van der Waals surface area contributed by atoms with E-state index >= 15 is 0 Å². The second kappa shape index (κ2) is 5.63. The minimum Gasteiger partial charge on any atom is -0.334 e. The van der Waals surface area contributed by atoms with Gasteiger partial charge in [0.15, 0.2) is 9.84 Å². The number of hydrogen-bond donors (Lipinski definition) is 1. The second-order valence-corrected chi connectivity index (χ2v) is 7.91. The van der Waals surface area contributed by atoms with Crippen LogP contribution in [0.1, 0.15) is 30.9 Å². The number of nitrogens with one attached hydrogen (secondary N) is 1. The van der Waals surface area contributed by atoms with Crippen LogP contribution in [0.5, 0.6) is 0 Å². The van der Waals surface area contributed by atoms with Crippen LogP contribution in [0.25, 0.3) is 0 Å². The maximum absolute atomic E-state index is 12.4. The van der Waals surface area contributed by atoms with Gasteiger partial charge in [-0.3, -0.25) is 4.98 Å². The number of amides is 2. The first-order chi connectivity index (χ1) is 10.1. The Bertz CT molecular complexity index is 618. The number of likely N-dealkylation sites (tertiary alicyclic amines) is 1. The van der Waals surface area contributed by atoms with Crippen molar-refractivity contribution >= 4 is 15.9 Å². The van der Waals surface area contributed by atoms with Crippen molar-refractivity contribution in [2.75, 3.05) is 18.1 Å². The van der Waals surface area contributed by atoms with Crippen LogP contribution >= 0.6 is 0 Å². The van der Waals surface area contributed by atoms with E-state index in [1.165, 1.54) is 0 Å². The number of rotatable bonds is 2. The molecule has 0 saturated carbocycles. The lowest BCUT2D eigenvalue weighted by Crippen LogP contribution is -2.45. The lowest BCUT2D eigenvalue weighted by Gasteiger charge is -2.26. The van der Waals surface area contributed by atoms with Gasteiger partial charge in [0.25, 0.3) is 0 Å². The van der Waals surface area contributed by atoms with Crippen LogP contribution in [0.15, 0.2) is 24.5 Å². The van der Waals surface area contributed by atoms with Crippen LogP contribution in [0.3, 0.4) is 0 Å². The maximum atomic E-state index is 12.4. The van der Waals surface area contributed by atoms with Gasteiger partial charge in [-0.15, -0.1) is 0 Å². The Morgan fingerprint density at radius 1 is 1.29 bits per heavy atom. The van der Waals surface area contributed by atoms with Gasteiger partial charge in [-0.05, 0) is 37.0 Å². The molecule has 114 valence electrons. The molecule has 0 bridgehead atoms. The minimum absolute atomic E-state index is 0.0611. The summed E-state index contributed by atoms with van der Waals surface area (Å²) in [6.07, 6.45) is 5.87. The van der Waals surface area contributed by atoms with Crippen molar-refractivity contribution in [1.29, 1.82) is 0 Å². The van der Waals surface area contributed by atoms with Gasteiger partial charge >= 0.3 is 6.03 Å². The third-order valence-electron chi connectivity index (χ3n) is 4.16. The molecule has 0 unspecified atom stereocenters. The molecule has 1 aromatic heterocycles. The third kappa shape index (κ3) is 3.18. The molecule has 1 aromatic rings. The topological polar surface area (TPSA) is 79.4 Å². The number of pyridine rings is 1. The van der Waals surface area contributed by atoms with Crippen LogP contribution in [0, 0.1) is 0 Å². The molecule has 3 heterocycles. The van der Waals surface area contributed by atoms with E-state index in [-0.39, 0.29) is 29.6 Å². The number of carbonyl (C=O) groups is 1. The summed E-state index contributed by atoms with van der Waals surface area (Å²) in [5, 5.41) is 2.87.